The molecule has 3 N–H and O–H groups in total. The topological polar surface area (TPSA) is 52.5 Å². The second-order valence-corrected chi connectivity index (χ2v) is 2.99. The lowest BCUT2D eigenvalue weighted by molar-refractivity contribution is 0.132. The third kappa shape index (κ3) is 3.38. The second kappa shape index (κ2) is 5.77. The molecule has 0 aromatic heterocycles. The van der Waals surface area contributed by atoms with Gasteiger partial charge in [0.15, 0.2) is 0 Å². The molecule has 0 amide bonds. The van der Waals surface area contributed by atoms with E-state index in [1.807, 2.05) is 0 Å². The molecule has 0 radical (unpaired) electrons. The average Bonchev–Trinajstić information content (AvgIpc) is 2.05. The van der Waals surface area contributed by atoms with E-state index in [9.17, 15) is 0 Å². The Morgan fingerprint density at radius 1 is 1.09 bits per heavy atom. The molecule has 0 bridgehead atoms. The van der Waals surface area contributed by atoms with Crippen molar-refractivity contribution in [3.8, 4) is 0 Å². The van der Waals surface area contributed by atoms with Crippen LogP contribution >= 0.6 is 12.4 Å². The summed E-state index contributed by atoms with van der Waals surface area (Å²) in [7, 11) is 0. The standard InChI is InChI=1S/C7H15NO2.ClH/c9-4-6-1-7(5-10)3-8-2-6;/h6-10H,1-5H2;1H/t6-,7+;. The summed E-state index contributed by atoms with van der Waals surface area (Å²) >= 11 is 0. The van der Waals surface area contributed by atoms with Crippen molar-refractivity contribution in [2.75, 3.05) is 26.3 Å². The Morgan fingerprint density at radius 3 is 1.91 bits per heavy atom. The zero-order valence-corrected chi connectivity index (χ0v) is 7.31. The highest BCUT2D eigenvalue weighted by Gasteiger charge is 2.19. The van der Waals surface area contributed by atoms with Crippen molar-refractivity contribution in [3.05, 3.63) is 0 Å². The Balaban J connectivity index is 0.000001000. The first-order valence-electron chi connectivity index (χ1n) is 3.79. The predicted octanol–water partition coefficient (Wildman–Crippen LogP) is -0.382. The molecular weight excluding hydrogens is 166 g/mol. The van der Waals surface area contributed by atoms with E-state index in [0.717, 1.165) is 19.5 Å². The number of piperidine rings is 1. The van der Waals surface area contributed by atoms with Gasteiger partial charge >= 0.3 is 0 Å². The lowest BCUT2D eigenvalue weighted by Gasteiger charge is -2.27. The van der Waals surface area contributed by atoms with Gasteiger partial charge in [0.2, 0.25) is 0 Å². The van der Waals surface area contributed by atoms with Gasteiger partial charge in [0.1, 0.15) is 0 Å². The molecule has 68 valence electrons. The molecular formula is C7H16ClNO2. The van der Waals surface area contributed by atoms with Gasteiger partial charge in [-0.05, 0) is 18.3 Å². The van der Waals surface area contributed by atoms with E-state index in [1.54, 1.807) is 0 Å². The smallest absolute Gasteiger partial charge is 0.0471 e. The fraction of sp³-hybridized carbons (Fsp3) is 1.00. The molecule has 4 heteroatoms. The summed E-state index contributed by atoms with van der Waals surface area (Å²) in [6, 6.07) is 0. The van der Waals surface area contributed by atoms with Crippen molar-refractivity contribution in [3.63, 3.8) is 0 Å². The van der Waals surface area contributed by atoms with Gasteiger partial charge in [-0.3, -0.25) is 0 Å². The number of hydrogen-bond donors (Lipinski definition) is 3. The summed E-state index contributed by atoms with van der Waals surface area (Å²) in [5.41, 5.74) is 0. The van der Waals surface area contributed by atoms with Crippen LogP contribution in [0.4, 0.5) is 0 Å². The summed E-state index contributed by atoms with van der Waals surface area (Å²) in [6.45, 7) is 2.27. The molecule has 3 nitrogen and oxygen atoms in total. The number of aliphatic hydroxyl groups is 2. The van der Waals surface area contributed by atoms with E-state index in [2.05, 4.69) is 5.32 Å². The quantitative estimate of drug-likeness (QED) is 0.545. The van der Waals surface area contributed by atoms with Crippen LogP contribution in [0.2, 0.25) is 0 Å². The molecule has 1 aliphatic heterocycles. The van der Waals surface area contributed by atoms with Crippen LogP contribution in [0.15, 0.2) is 0 Å². The van der Waals surface area contributed by atoms with E-state index in [4.69, 9.17) is 10.2 Å². The van der Waals surface area contributed by atoms with Gasteiger partial charge in [-0.25, -0.2) is 0 Å². The maximum Gasteiger partial charge on any atom is 0.0471 e. The largest absolute Gasteiger partial charge is 0.396 e. The molecule has 0 aliphatic carbocycles. The fourth-order valence-corrected chi connectivity index (χ4v) is 1.41. The Bertz CT molecular complexity index is 92.4. The Hall–Kier alpha value is 0.170. The van der Waals surface area contributed by atoms with Gasteiger partial charge in [-0.2, -0.15) is 0 Å². The fourth-order valence-electron chi connectivity index (χ4n) is 1.41. The minimum absolute atomic E-state index is 0. The molecule has 1 aliphatic rings. The van der Waals surface area contributed by atoms with E-state index < -0.39 is 0 Å². The third-order valence-corrected chi connectivity index (χ3v) is 2.05. The van der Waals surface area contributed by atoms with Crippen molar-refractivity contribution in [2.24, 2.45) is 11.8 Å². The van der Waals surface area contributed by atoms with Crippen molar-refractivity contribution in [2.45, 2.75) is 6.42 Å². The van der Waals surface area contributed by atoms with Crippen molar-refractivity contribution < 1.29 is 10.2 Å². The van der Waals surface area contributed by atoms with Gasteiger partial charge in [0.05, 0.1) is 0 Å². The Labute approximate surface area is 73.2 Å². The van der Waals surface area contributed by atoms with E-state index in [1.165, 1.54) is 0 Å². The van der Waals surface area contributed by atoms with Gasteiger partial charge in [0, 0.05) is 26.3 Å². The molecule has 11 heavy (non-hydrogen) atoms. The van der Waals surface area contributed by atoms with Crippen molar-refractivity contribution in [1.82, 2.24) is 5.32 Å². The van der Waals surface area contributed by atoms with Crippen molar-refractivity contribution >= 4 is 12.4 Å². The number of hydrogen-bond acceptors (Lipinski definition) is 3. The molecule has 0 aromatic rings. The SMILES string of the molecule is Cl.OC[C@@H]1CNC[C@H](CO)C1. The van der Waals surface area contributed by atoms with Crippen LogP contribution in [0.1, 0.15) is 6.42 Å². The molecule has 1 fully saturated rings. The van der Waals surface area contributed by atoms with Crippen LogP contribution in [0.5, 0.6) is 0 Å². The minimum atomic E-state index is 0. The van der Waals surface area contributed by atoms with Crippen LogP contribution in [0.3, 0.4) is 0 Å². The summed E-state index contributed by atoms with van der Waals surface area (Å²) in [4.78, 5) is 0. The highest BCUT2D eigenvalue weighted by molar-refractivity contribution is 5.85. The lowest BCUT2D eigenvalue weighted by Crippen LogP contribution is -2.39. The molecule has 1 saturated heterocycles. The van der Waals surface area contributed by atoms with Crippen LogP contribution in [0.25, 0.3) is 0 Å². The second-order valence-electron chi connectivity index (χ2n) is 2.99. The van der Waals surface area contributed by atoms with Crippen LogP contribution in [-0.2, 0) is 0 Å². The number of nitrogens with one attached hydrogen (secondary N) is 1. The van der Waals surface area contributed by atoms with Gasteiger partial charge in [0.25, 0.3) is 0 Å². The highest BCUT2D eigenvalue weighted by Crippen LogP contribution is 2.14. The third-order valence-electron chi connectivity index (χ3n) is 2.05. The van der Waals surface area contributed by atoms with Crippen molar-refractivity contribution in [1.29, 1.82) is 0 Å². The van der Waals surface area contributed by atoms with E-state index in [-0.39, 0.29) is 25.6 Å². The normalized spacial score (nSPS) is 31.1. The monoisotopic (exact) mass is 181 g/mol. The molecule has 0 spiro atoms. The van der Waals surface area contributed by atoms with Gasteiger partial charge in [-0.15, -0.1) is 12.4 Å². The maximum atomic E-state index is 8.78. The van der Waals surface area contributed by atoms with Gasteiger partial charge < -0.3 is 15.5 Å². The first kappa shape index (κ1) is 11.2. The van der Waals surface area contributed by atoms with Crippen LogP contribution < -0.4 is 5.32 Å². The van der Waals surface area contributed by atoms with Gasteiger partial charge in [-0.1, -0.05) is 0 Å². The number of rotatable bonds is 2. The first-order valence-corrected chi connectivity index (χ1v) is 3.79. The molecule has 2 atom stereocenters. The minimum Gasteiger partial charge on any atom is -0.396 e. The molecule has 0 unspecified atom stereocenters. The first-order chi connectivity index (χ1) is 4.86. The molecule has 0 aromatic carbocycles. The lowest BCUT2D eigenvalue weighted by atomic mass is 9.92. The van der Waals surface area contributed by atoms with Crippen LogP contribution in [0, 0.1) is 11.8 Å². The average molecular weight is 182 g/mol. The van der Waals surface area contributed by atoms with Crippen LogP contribution in [-0.4, -0.2) is 36.5 Å². The summed E-state index contributed by atoms with van der Waals surface area (Å²) in [5, 5.41) is 20.7. The predicted molar refractivity (Wildman–Crippen MR) is 45.9 cm³/mol. The number of halogens is 1. The summed E-state index contributed by atoms with van der Waals surface area (Å²) in [6.07, 6.45) is 0.958. The Kier molecular flexibility index (Phi) is 5.86. The summed E-state index contributed by atoms with van der Waals surface area (Å²) < 4.78 is 0. The molecule has 0 saturated carbocycles. The zero-order valence-electron chi connectivity index (χ0n) is 6.49. The maximum absolute atomic E-state index is 8.78. The number of aliphatic hydroxyl groups excluding tert-OH is 2. The summed E-state index contributed by atoms with van der Waals surface area (Å²) in [5.74, 6) is 0.705. The molecule has 1 heterocycles. The van der Waals surface area contributed by atoms with E-state index >= 15 is 0 Å². The van der Waals surface area contributed by atoms with E-state index in [0.29, 0.717) is 11.8 Å². The zero-order chi connectivity index (χ0) is 7.40. The highest BCUT2D eigenvalue weighted by atomic mass is 35.5. The molecule has 1 rings (SSSR count). The Morgan fingerprint density at radius 2 is 1.55 bits per heavy atom.